The monoisotopic (exact) mass is 420 g/mol. The maximum atomic E-state index is 12.3. The van der Waals surface area contributed by atoms with Crippen LogP contribution in [0.5, 0.6) is 5.75 Å². The summed E-state index contributed by atoms with van der Waals surface area (Å²) >= 11 is 5.87. The van der Waals surface area contributed by atoms with Crippen molar-refractivity contribution in [3.63, 3.8) is 0 Å². The van der Waals surface area contributed by atoms with Gasteiger partial charge in [-0.25, -0.2) is 4.79 Å². The molecule has 30 heavy (non-hydrogen) atoms. The summed E-state index contributed by atoms with van der Waals surface area (Å²) in [5, 5.41) is 0.687. The minimum absolute atomic E-state index is 0.237. The number of rotatable bonds is 8. The Morgan fingerprint density at radius 3 is 2.27 bits per heavy atom. The SMILES string of the molecule is C[C@H](OC(=O)/C=C/c1ccc(OCc2ccc(Cl)cc2)cc1)C(=O)c1ccccc1. The fourth-order valence-electron chi connectivity index (χ4n) is 2.69. The summed E-state index contributed by atoms with van der Waals surface area (Å²) in [6.45, 7) is 2.00. The Morgan fingerprint density at radius 2 is 1.60 bits per heavy atom. The van der Waals surface area contributed by atoms with E-state index in [4.69, 9.17) is 21.1 Å². The highest BCUT2D eigenvalue weighted by Gasteiger charge is 2.17. The van der Waals surface area contributed by atoms with Crippen LogP contribution in [0.1, 0.15) is 28.4 Å². The summed E-state index contributed by atoms with van der Waals surface area (Å²) in [6.07, 6.45) is 2.08. The van der Waals surface area contributed by atoms with Crippen LogP contribution >= 0.6 is 11.6 Å². The lowest BCUT2D eigenvalue weighted by Gasteiger charge is -2.10. The molecular weight excluding hydrogens is 400 g/mol. The lowest BCUT2D eigenvalue weighted by atomic mass is 10.1. The zero-order valence-corrected chi connectivity index (χ0v) is 17.2. The number of halogens is 1. The van der Waals surface area contributed by atoms with Crippen molar-refractivity contribution in [2.24, 2.45) is 0 Å². The van der Waals surface area contributed by atoms with E-state index >= 15 is 0 Å². The number of carbonyl (C=O) groups is 2. The molecule has 0 aromatic heterocycles. The molecule has 0 heterocycles. The summed E-state index contributed by atoms with van der Waals surface area (Å²) < 4.78 is 10.9. The molecule has 1 atom stereocenters. The topological polar surface area (TPSA) is 52.6 Å². The summed E-state index contributed by atoms with van der Waals surface area (Å²) in [4.78, 5) is 24.3. The van der Waals surface area contributed by atoms with Crippen LogP contribution in [0, 0.1) is 0 Å². The average Bonchev–Trinajstić information content (AvgIpc) is 2.78. The van der Waals surface area contributed by atoms with Crippen molar-refractivity contribution in [2.45, 2.75) is 19.6 Å². The normalized spacial score (nSPS) is 11.8. The molecule has 0 amide bonds. The van der Waals surface area contributed by atoms with Crippen molar-refractivity contribution in [2.75, 3.05) is 0 Å². The standard InChI is InChI=1S/C25H21ClO4/c1-18(25(28)21-5-3-2-4-6-21)30-24(27)16-11-19-9-14-23(15-10-19)29-17-20-7-12-22(26)13-8-20/h2-16,18H,17H2,1H3/b16-11+/t18-/m0/s1. The second-order valence-electron chi connectivity index (χ2n) is 6.63. The van der Waals surface area contributed by atoms with E-state index in [1.807, 2.05) is 54.6 Å². The Bertz CT molecular complexity index is 1010. The van der Waals surface area contributed by atoms with Crippen molar-refractivity contribution >= 4 is 29.4 Å². The molecule has 0 aliphatic heterocycles. The number of carbonyl (C=O) groups excluding carboxylic acids is 2. The highest BCUT2D eigenvalue weighted by molar-refractivity contribution is 6.30. The third kappa shape index (κ3) is 6.33. The van der Waals surface area contributed by atoms with E-state index in [0.717, 1.165) is 11.1 Å². The summed E-state index contributed by atoms with van der Waals surface area (Å²) in [5.41, 5.74) is 2.34. The van der Waals surface area contributed by atoms with Gasteiger partial charge in [-0.15, -0.1) is 0 Å². The number of benzene rings is 3. The van der Waals surface area contributed by atoms with Crippen molar-refractivity contribution in [1.29, 1.82) is 0 Å². The Labute approximate surface area is 180 Å². The van der Waals surface area contributed by atoms with E-state index in [2.05, 4.69) is 0 Å². The van der Waals surface area contributed by atoms with Crippen LogP contribution in [-0.4, -0.2) is 17.9 Å². The molecule has 0 fully saturated rings. The number of ether oxygens (including phenoxy) is 2. The van der Waals surface area contributed by atoms with E-state index in [-0.39, 0.29) is 5.78 Å². The van der Waals surface area contributed by atoms with Crippen LogP contribution in [-0.2, 0) is 16.1 Å². The smallest absolute Gasteiger partial charge is 0.331 e. The first-order valence-corrected chi connectivity index (χ1v) is 9.84. The highest BCUT2D eigenvalue weighted by Crippen LogP contribution is 2.16. The van der Waals surface area contributed by atoms with Gasteiger partial charge in [0.2, 0.25) is 5.78 Å². The zero-order valence-electron chi connectivity index (χ0n) is 16.5. The van der Waals surface area contributed by atoms with Crippen LogP contribution in [0.3, 0.4) is 0 Å². The number of hydrogen-bond donors (Lipinski definition) is 0. The summed E-state index contributed by atoms with van der Waals surface area (Å²) in [5.74, 6) is -0.0962. The highest BCUT2D eigenvalue weighted by atomic mass is 35.5. The largest absolute Gasteiger partial charge is 0.489 e. The molecule has 0 N–H and O–H groups in total. The van der Waals surface area contributed by atoms with Gasteiger partial charge in [-0.2, -0.15) is 0 Å². The quantitative estimate of drug-likeness (QED) is 0.264. The third-order valence-corrected chi connectivity index (χ3v) is 4.58. The fraction of sp³-hybridized carbons (Fsp3) is 0.120. The number of esters is 1. The van der Waals surface area contributed by atoms with E-state index in [0.29, 0.717) is 22.9 Å². The van der Waals surface area contributed by atoms with Crippen molar-refractivity contribution < 1.29 is 19.1 Å². The van der Waals surface area contributed by atoms with Gasteiger partial charge in [-0.3, -0.25) is 4.79 Å². The Hall–Kier alpha value is -3.37. The average molecular weight is 421 g/mol. The molecule has 0 saturated carbocycles. The molecule has 0 aliphatic rings. The molecular formula is C25H21ClO4. The van der Waals surface area contributed by atoms with Crippen LogP contribution in [0.2, 0.25) is 5.02 Å². The minimum Gasteiger partial charge on any atom is -0.489 e. The van der Waals surface area contributed by atoms with Crippen molar-refractivity contribution in [3.8, 4) is 5.75 Å². The van der Waals surface area contributed by atoms with E-state index in [9.17, 15) is 9.59 Å². The van der Waals surface area contributed by atoms with Gasteiger partial charge in [0.1, 0.15) is 12.4 Å². The van der Waals surface area contributed by atoms with Crippen LogP contribution < -0.4 is 4.74 Å². The first kappa shape index (κ1) is 21.3. The first-order chi connectivity index (χ1) is 14.5. The predicted molar refractivity (Wildman–Crippen MR) is 118 cm³/mol. The molecule has 5 heteroatoms. The van der Waals surface area contributed by atoms with Gasteiger partial charge in [0.25, 0.3) is 0 Å². The molecule has 0 bridgehead atoms. The van der Waals surface area contributed by atoms with Gasteiger partial charge in [0.15, 0.2) is 6.10 Å². The van der Waals surface area contributed by atoms with E-state index < -0.39 is 12.1 Å². The van der Waals surface area contributed by atoms with Crippen LogP contribution in [0.4, 0.5) is 0 Å². The molecule has 0 spiro atoms. The summed E-state index contributed by atoms with van der Waals surface area (Å²) in [6, 6.07) is 23.5. The van der Waals surface area contributed by atoms with E-state index in [1.165, 1.54) is 6.08 Å². The number of Topliss-reactive ketones (excluding diaryl/α,β-unsaturated/α-hetero) is 1. The van der Waals surface area contributed by atoms with Crippen LogP contribution in [0.25, 0.3) is 6.08 Å². The van der Waals surface area contributed by atoms with Gasteiger partial charge in [0, 0.05) is 16.7 Å². The maximum Gasteiger partial charge on any atom is 0.331 e. The van der Waals surface area contributed by atoms with Gasteiger partial charge in [-0.05, 0) is 48.4 Å². The Morgan fingerprint density at radius 1 is 0.933 bits per heavy atom. The molecule has 4 nitrogen and oxygen atoms in total. The summed E-state index contributed by atoms with van der Waals surface area (Å²) in [7, 11) is 0. The van der Waals surface area contributed by atoms with Gasteiger partial charge < -0.3 is 9.47 Å². The second kappa shape index (κ2) is 10.4. The van der Waals surface area contributed by atoms with Crippen molar-refractivity contribution in [3.05, 3.63) is 107 Å². The molecule has 3 aromatic carbocycles. The molecule has 3 aromatic rings. The molecule has 152 valence electrons. The van der Waals surface area contributed by atoms with Gasteiger partial charge in [0.05, 0.1) is 0 Å². The predicted octanol–water partition coefficient (Wildman–Crippen LogP) is 5.75. The maximum absolute atomic E-state index is 12.3. The molecule has 3 rings (SSSR count). The Balaban J connectivity index is 1.49. The molecule has 0 unspecified atom stereocenters. The lowest BCUT2D eigenvalue weighted by molar-refractivity contribution is -0.140. The second-order valence-corrected chi connectivity index (χ2v) is 7.06. The fourth-order valence-corrected chi connectivity index (χ4v) is 2.82. The molecule has 0 radical (unpaired) electrons. The Kier molecular flexibility index (Phi) is 7.41. The number of ketones is 1. The zero-order chi connectivity index (χ0) is 21.3. The first-order valence-electron chi connectivity index (χ1n) is 9.46. The van der Waals surface area contributed by atoms with Gasteiger partial charge in [-0.1, -0.05) is 66.2 Å². The minimum atomic E-state index is -0.854. The lowest BCUT2D eigenvalue weighted by Crippen LogP contribution is -2.23. The third-order valence-electron chi connectivity index (χ3n) is 4.33. The van der Waals surface area contributed by atoms with Crippen molar-refractivity contribution in [1.82, 2.24) is 0 Å². The van der Waals surface area contributed by atoms with Crippen LogP contribution in [0.15, 0.2) is 84.9 Å². The molecule has 0 saturated heterocycles. The molecule has 0 aliphatic carbocycles. The number of hydrogen-bond acceptors (Lipinski definition) is 4. The van der Waals surface area contributed by atoms with E-state index in [1.54, 1.807) is 37.3 Å². The van der Waals surface area contributed by atoms with Gasteiger partial charge >= 0.3 is 5.97 Å².